The number of hydrogen-bond acceptors (Lipinski definition) is 5. The fraction of sp³-hybridized carbons (Fsp3) is 0.765. The first-order chi connectivity index (χ1) is 18.1. The van der Waals surface area contributed by atoms with Crippen LogP contribution in [-0.2, 0) is 19.1 Å². The number of rotatable bonds is 4. The standard InChI is InChI=1S/C34H47NO4/c1-21-24-9-11-32(6)27(31(24,5)18-23(20-35)29(21)38)17-26(37)28-25-19-30(3,4)12-14-34(25,15-13-33(28,32)7)10-8-16-39-22(2)36/h17-18,21,24-25,28H,8-16,19H2,1-7H3/t21-,24-,25?,28?,31-,32+,33+,34+/m0/s1. The van der Waals surface area contributed by atoms with Crippen molar-refractivity contribution in [1.82, 2.24) is 0 Å². The van der Waals surface area contributed by atoms with E-state index in [9.17, 15) is 19.6 Å². The molecule has 0 aromatic rings. The molecule has 5 heteroatoms. The zero-order chi connectivity index (χ0) is 28.6. The highest BCUT2D eigenvalue weighted by atomic mass is 16.5. The molecule has 5 nitrogen and oxygen atoms in total. The zero-order valence-electron chi connectivity index (χ0n) is 25.1. The molecule has 0 heterocycles. The van der Waals surface area contributed by atoms with E-state index in [1.807, 2.05) is 19.1 Å². The second-order valence-corrected chi connectivity index (χ2v) is 15.2. The molecule has 0 bridgehead atoms. The van der Waals surface area contributed by atoms with Crippen molar-refractivity contribution in [3.8, 4) is 6.07 Å². The van der Waals surface area contributed by atoms with Gasteiger partial charge in [0, 0.05) is 24.2 Å². The van der Waals surface area contributed by atoms with Gasteiger partial charge in [-0.2, -0.15) is 5.26 Å². The number of hydrogen-bond donors (Lipinski definition) is 0. The van der Waals surface area contributed by atoms with Crippen molar-refractivity contribution in [1.29, 1.82) is 5.26 Å². The van der Waals surface area contributed by atoms with Crippen molar-refractivity contribution in [2.45, 2.75) is 106 Å². The highest BCUT2D eigenvalue weighted by Crippen LogP contribution is 2.74. The summed E-state index contributed by atoms with van der Waals surface area (Å²) in [6.45, 7) is 15.6. The average Bonchev–Trinajstić information content (AvgIpc) is 2.86. The first-order valence-corrected chi connectivity index (χ1v) is 15.2. The van der Waals surface area contributed by atoms with Gasteiger partial charge in [-0.25, -0.2) is 0 Å². The highest BCUT2D eigenvalue weighted by molar-refractivity contribution is 6.02. The maximum Gasteiger partial charge on any atom is 0.302 e. The second kappa shape index (κ2) is 9.15. The summed E-state index contributed by atoms with van der Waals surface area (Å²) < 4.78 is 5.31. The summed E-state index contributed by atoms with van der Waals surface area (Å²) in [5.74, 6) is 0.168. The lowest BCUT2D eigenvalue weighted by atomic mass is 9.34. The van der Waals surface area contributed by atoms with E-state index in [2.05, 4.69) is 40.7 Å². The molecule has 0 aromatic carbocycles. The van der Waals surface area contributed by atoms with Crippen molar-refractivity contribution in [2.75, 3.05) is 6.61 Å². The Kier molecular flexibility index (Phi) is 6.64. The predicted molar refractivity (Wildman–Crippen MR) is 150 cm³/mol. The van der Waals surface area contributed by atoms with Gasteiger partial charge >= 0.3 is 5.97 Å². The summed E-state index contributed by atoms with van der Waals surface area (Å²) in [5.41, 5.74) is 0.929. The van der Waals surface area contributed by atoms with Crippen LogP contribution in [0.1, 0.15) is 106 Å². The molecule has 3 saturated carbocycles. The van der Waals surface area contributed by atoms with Gasteiger partial charge in [-0.3, -0.25) is 14.4 Å². The Balaban J connectivity index is 1.58. The molecule has 39 heavy (non-hydrogen) atoms. The Labute approximate surface area is 234 Å². The summed E-state index contributed by atoms with van der Waals surface area (Å²) in [6, 6.07) is 2.18. The molecule has 5 aliphatic rings. The molecule has 0 N–H and O–H groups in total. The zero-order valence-corrected chi connectivity index (χ0v) is 25.1. The van der Waals surface area contributed by atoms with Gasteiger partial charge in [0.15, 0.2) is 11.6 Å². The molecule has 8 atom stereocenters. The van der Waals surface area contributed by atoms with Gasteiger partial charge in [0.25, 0.3) is 0 Å². The Morgan fingerprint density at radius 3 is 2.41 bits per heavy atom. The van der Waals surface area contributed by atoms with E-state index in [1.54, 1.807) is 0 Å². The monoisotopic (exact) mass is 533 g/mol. The van der Waals surface area contributed by atoms with E-state index in [0.29, 0.717) is 12.5 Å². The van der Waals surface area contributed by atoms with Crippen LogP contribution in [0.3, 0.4) is 0 Å². The minimum absolute atomic E-state index is 0.0319. The van der Waals surface area contributed by atoms with Crippen LogP contribution < -0.4 is 0 Å². The molecule has 212 valence electrons. The number of ether oxygens (including phenoxy) is 1. The SMILES string of the molecule is CC(=O)OCCC[C@]12CCC(C)(C)CC1C1C(=O)C=C3[C@@]4(C)C=C(C#N)C(=O)[C@@H](C)[C@@H]4CC[C@@]3(C)[C@]1(C)CC2. The molecule has 0 spiro atoms. The molecule has 5 rings (SSSR count). The maximum atomic E-state index is 14.5. The molecule has 5 aliphatic carbocycles. The summed E-state index contributed by atoms with van der Waals surface area (Å²) >= 11 is 0. The van der Waals surface area contributed by atoms with Crippen LogP contribution in [0.15, 0.2) is 23.3 Å². The van der Waals surface area contributed by atoms with Crippen LogP contribution in [0.5, 0.6) is 0 Å². The lowest BCUT2D eigenvalue weighted by Gasteiger charge is -2.69. The van der Waals surface area contributed by atoms with Crippen LogP contribution in [0.4, 0.5) is 0 Å². The van der Waals surface area contributed by atoms with E-state index < -0.39 is 5.41 Å². The first-order valence-electron chi connectivity index (χ1n) is 15.2. The van der Waals surface area contributed by atoms with Gasteiger partial charge < -0.3 is 4.74 Å². The molecule has 0 radical (unpaired) electrons. The van der Waals surface area contributed by atoms with E-state index >= 15 is 0 Å². The van der Waals surface area contributed by atoms with Gasteiger partial charge in [0.1, 0.15) is 6.07 Å². The second-order valence-electron chi connectivity index (χ2n) is 15.2. The number of carbonyl (C=O) groups excluding carboxylic acids is 3. The summed E-state index contributed by atoms with van der Waals surface area (Å²) in [7, 11) is 0. The average molecular weight is 534 g/mol. The third kappa shape index (κ3) is 4.02. The van der Waals surface area contributed by atoms with Crippen molar-refractivity contribution in [3.05, 3.63) is 23.3 Å². The number of Topliss-reactive ketones (excluding diaryl/α,β-unsaturated/α-hetero) is 1. The predicted octanol–water partition coefficient (Wildman–Crippen LogP) is 7.16. The molecule has 0 saturated heterocycles. The van der Waals surface area contributed by atoms with E-state index in [4.69, 9.17) is 4.74 Å². The number of nitrogens with zero attached hydrogens (tertiary/aromatic N) is 1. The van der Waals surface area contributed by atoms with Crippen LogP contribution in [-0.4, -0.2) is 24.1 Å². The Bertz CT molecular complexity index is 1200. The smallest absolute Gasteiger partial charge is 0.302 e. The van der Waals surface area contributed by atoms with Crippen molar-refractivity contribution in [2.24, 2.45) is 50.7 Å². The fourth-order valence-electron chi connectivity index (χ4n) is 10.4. The Hall–Kier alpha value is -2.22. The number of carbonyl (C=O) groups is 3. The molecular weight excluding hydrogens is 486 g/mol. The molecule has 0 aliphatic heterocycles. The third-order valence-electron chi connectivity index (χ3n) is 12.8. The largest absolute Gasteiger partial charge is 0.466 e. The number of nitriles is 1. The topological polar surface area (TPSA) is 84.2 Å². The van der Waals surface area contributed by atoms with Crippen molar-refractivity contribution in [3.63, 3.8) is 0 Å². The van der Waals surface area contributed by atoms with Crippen LogP contribution in [0.2, 0.25) is 0 Å². The summed E-state index contributed by atoms with van der Waals surface area (Å²) in [6.07, 6.45) is 13.1. The van der Waals surface area contributed by atoms with Gasteiger partial charge in [-0.05, 0) is 97.4 Å². The molecule has 2 unspecified atom stereocenters. The number of esters is 1. The lowest BCUT2D eigenvalue weighted by Crippen LogP contribution is -2.64. The normalized spacial score (nSPS) is 44.5. The maximum absolute atomic E-state index is 14.5. The molecule has 0 amide bonds. The van der Waals surface area contributed by atoms with Gasteiger partial charge in [-0.1, -0.05) is 53.2 Å². The van der Waals surface area contributed by atoms with Crippen molar-refractivity contribution >= 4 is 17.5 Å². The van der Waals surface area contributed by atoms with Gasteiger partial charge in [-0.15, -0.1) is 0 Å². The third-order valence-corrected chi connectivity index (χ3v) is 12.8. The van der Waals surface area contributed by atoms with E-state index in [1.165, 1.54) is 18.9 Å². The molecular formula is C34H47NO4. The minimum Gasteiger partial charge on any atom is -0.466 e. The quantitative estimate of drug-likeness (QED) is 0.283. The molecule has 0 aromatic heterocycles. The van der Waals surface area contributed by atoms with Crippen molar-refractivity contribution < 1.29 is 19.1 Å². The first kappa shape index (κ1) is 28.3. The Morgan fingerprint density at radius 2 is 1.74 bits per heavy atom. The van der Waals surface area contributed by atoms with Gasteiger partial charge in [0.05, 0.1) is 12.2 Å². The van der Waals surface area contributed by atoms with Gasteiger partial charge in [0.2, 0.25) is 0 Å². The van der Waals surface area contributed by atoms with E-state index in [-0.39, 0.29) is 62.5 Å². The summed E-state index contributed by atoms with van der Waals surface area (Å²) in [5, 5.41) is 9.81. The summed E-state index contributed by atoms with van der Waals surface area (Å²) in [4.78, 5) is 38.8. The van der Waals surface area contributed by atoms with E-state index in [0.717, 1.165) is 51.4 Å². The highest BCUT2D eigenvalue weighted by Gasteiger charge is 2.68. The van der Waals surface area contributed by atoms with Crippen LogP contribution in [0, 0.1) is 62.1 Å². The Morgan fingerprint density at radius 1 is 1.05 bits per heavy atom. The van der Waals surface area contributed by atoms with Crippen LogP contribution in [0.25, 0.3) is 0 Å². The number of ketones is 2. The van der Waals surface area contributed by atoms with Crippen LogP contribution >= 0.6 is 0 Å². The minimum atomic E-state index is -0.459. The number of allylic oxidation sites excluding steroid dienone is 4. The fourth-order valence-corrected chi connectivity index (χ4v) is 10.4. The number of fused-ring (bicyclic) bond motifs is 7. The lowest BCUT2D eigenvalue weighted by molar-refractivity contribution is -0.171. The molecule has 3 fully saturated rings.